The molecule has 5 nitrogen and oxygen atoms in total. The van der Waals surface area contributed by atoms with Crippen molar-refractivity contribution in [2.45, 2.75) is 32.8 Å². The number of aryl methyl sites for hydroxylation is 1. The lowest BCUT2D eigenvalue weighted by Crippen LogP contribution is -2.46. The summed E-state index contributed by atoms with van der Waals surface area (Å²) < 4.78 is 5.77. The summed E-state index contributed by atoms with van der Waals surface area (Å²) in [6, 6.07) is 12.3. The smallest absolute Gasteiger partial charge is 0.268 e. The van der Waals surface area contributed by atoms with Gasteiger partial charge in [0.1, 0.15) is 5.75 Å². The second-order valence-corrected chi connectivity index (χ2v) is 8.55. The number of thiazole rings is 1. The number of benzene rings is 2. The molecule has 2 aromatic carbocycles. The number of anilines is 1. The predicted molar refractivity (Wildman–Crippen MR) is 120 cm³/mol. The van der Waals surface area contributed by atoms with Gasteiger partial charge in [0.05, 0.1) is 22.9 Å². The molecule has 0 N–H and O–H groups in total. The van der Waals surface area contributed by atoms with Crippen LogP contribution in [0.1, 0.15) is 35.6 Å². The van der Waals surface area contributed by atoms with Gasteiger partial charge < -0.3 is 4.74 Å². The van der Waals surface area contributed by atoms with Crippen molar-refractivity contribution in [3.05, 3.63) is 63.4 Å². The maximum Gasteiger partial charge on any atom is 0.268 e. The van der Waals surface area contributed by atoms with Crippen molar-refractivity contribution in [3.63, 3.8) is 0 Å². The first-order chi connectivity index (χ1) is 14.5. The van der Waals surface area contributed by atoms with Gasteiger partial charge in [-0.15, -0.1) is 11.3 Å². The molecule has 30 heavy (non-hydrogen) atoms. The number of Topliss-reactive ketones (excluding diaryl/α,β-unsaturated/α-hetero) is 1. The molecule has 0 fully saturated rings. The van der Waals surface area contributed by atoms with E-state index < -0.39 is 6.10 Å². The van der Waals surface area contributed by atoms with Gasteiger partial charge in [0, 0.05) is 21.5 Å². The maximum absolute atomic E-state index is 12.9. The van der Waals surface area contributed by atoms with Crippen LogP contribution in [0.25, 0.3) is 11.3 Å². The second kappa shape index (κ2) is 8.58. The van der Waals surface area contributed by atoms with E-state index in [9.17, 15) is 9.59 Å². The van der Waals surface area contributed by atoms with Gasteiger partial charge in [0.2, 0.25) is 0 Å². The molecule has 3 aromatic rings. The Morgan fingerprint density at radius 3 is 2.73 bits per heavy atom. The van der Waals surface area contributed by atoms with Gasteiger partial charge in [-0.1, -0.05) is 18.5 Å². The van der Waals surface area contributed by atoms with Crippen LogP contribution in [0, 0.1) is 0 Å². The predicted octanol–water partition coefficient (Wildman–Crippen LogP) is 5.41. The minimum Gasteiger partial charge on any atom is -0.479 e. The Bertz CT molecular complexity index is 1090. The van der Waals surface area contributed by atoms with Crippen LogP contribution in [0.15, 0.2) is 47.8 Å². The van der Waals surface area contributed by atoms with Crippen LogP contribution < -0.4 is 9.64 Å². The minimum atomic E-state index is -0.656. The molecule has 1 aliphatic heterocycles. The summed E-state index contributed by atoms with van der Waals surface area (Å²) in [7, 11) is 0. The summed E-state index contributed by atoms with van der Waals surface area (Å²) >= 11 is 7.55. The number of rotatable bonds is 6. The van der Waals surface area contributed by atoms with E-state index in [4.69, 9.17) is 16.3 Å². The molecule has 0 saturated carbocycles. The van der Waals surface area contributed by atoms with Crippen LogP contribution in [0.2, 0.25) is 5.02 Å². The molecule has 0 aliphatic carbocycles. The fourth-order valence-electron chi connectivity index (χ4n) is 3.37. The van der Waals surface area contributed by atoms with E-state index in [2.05, 4.69) is 11.9 Å². The van der Waals surface area contributed by atoms with Crippen molar-refractivity contribution in [1.29, 1.82) is 0 Å². The zero-order valence-electron chi connectivity index (χ0n) is 16.7. The molecule has 4 rings (SSSR count). The quantitative estimate of drug-likeness (QED) is 0.480. The van der Waals surface area contributed by atoms with Crippen molar-refractivity contribution in [3.8, 4) is 17.0 Å². The van der Waals surface area contributed by atoms with E-state index in [1.807, 2.05) is 23.6 Å². The van der Waals surface area contributed by atoms with E-state index in [0.29, 0.717) is 22.0 Å². The van der Waals surface area contributed by atoms with Crippen molar-refractivity contribution >= 4 is 40.3 Å². The molecule has 1 atom stereocenters. The highest BCUT2D eigenvalue weighted by Gasteiger charge is 2.33. The first kappa shape index (κ1) is 20.6. The highest BCUT2D eigenvalue weighted by Crippen LogP contribution is 2.38. The molecule has 0 radical (unpaired) electrons. The molecule has 2 heterocycles. The van der Waals surface area contributed by atoms with Crippen LogP contribution in [-0.2, 0) is 11.2 Å². The van der Waals surface area contributed by atoms with Crippen LogP contribution in [-0.4, -0.2) is 29.3 Å². The molecule has 1 unspecified atom stereocenters. The summed E-state index contributed by atoms with van der Waals surface area (Å²) in [5.41, 5.74) is 2.85. The van der Waals surface area contributed by atoms with Gasteiger partial charge in [-0.2, -0.15) is 0 Å². The van der Waals surface area contributed by atoms with Gasteiger partial charge in [0.15, 0.2) is 11.9 Å². The number of fused-ring (bicyclic) bond motifs is 1. The van der Waals surface area contributed by atoms with Gasteiger partial charge in [-0.05, 0) is 62.2 Å². The lowest BCUT2D eigenvalue weighted by molar-refractivity contribution is -0.125. The first-order valence-corrected chi connectivity index (χ1v) is 11.1. The molecule has 0 saturated heterocycles. The Morgan fingerprint density at radius 2 is 2.00 bits per heavy atom. The Kier molecular flexibility index (Phi) is 5.88. The number of hydrogen-bond acceptors (Lipinski definition) is 5. The second-order valence-electron chi connectivity index (χ2n) is 7.17. The van der Waals surface area contributed by atoms with Gasteiger partial charge in [-0.25, -0.2) is 4.98 Å². The molecule has 0 bridgehead atoms. The average molecular weight is 441 g/mol. The average Bonchev–Trinajstić information content (AvgIpc) is 3.20. The van der Waals surface area contributed by atoms with Crippen molar-refractivity contribution in [1.82, 2.24) is 4.98 Å². The number of carbonyl (C=O) groups is 2. The zero-order valence-corrected chi connectivity index (χ0v) is 18.3. The van der Waals surface area contributed by atoms with Gasteiger partial charge in [-0.3, -0.25) is 14.5 Å². The van der Waals surface area contributed by atoms with Crippen LogP contribution in [0.4, 0.5) is 5.69 Å². The van der Waals surface area contributed by atoms with Crippen LogP contribution in [0.5, 0.6) is 5.75 Å². The van der Waals surface area contributed by atoms with E-state index in [1.165, 1.54) is 4.90 Å². The SMILES string of the molecule is CCCc1nc(-c2ccc3c(c2)N(CC(=O)c2ccc(Cl)cc2)C(=O)C(C)O3)cs1. The van der Waals surface area contributed by atoms with Gasteiger partial charge >= 0.3 is 0 Å². The third kappa shape index (κ3) is 4.11. The third-order valence-electron chi connectivity index (χ3n) is 4.95. The van der Waals surface area contributed by atoms with E-state index >= 15 is 0 Å². The normalized spacial score (nSPS) is 15.6. The summed E-state index contributed by atoms with van der Waals surface area (Å²) in [4.78, 5) is 31.9. The minimum absolute atomic E-state index is 0.0667. The van der Waals surface area contributed by atoms with E-state index in [-0.39, 0.29) is 18.2 Å². The summed E-state index contributed by atoms with van der Waals surface area (Å²) in [6.45, 7) is 3.75. The monoisotopic (exact) mass is 440 g/mol. The number of ketones is 1. The first-order valence-electron chi connectivity index (χ1n) is 9.82. The summed E-state index contributed by atoms with van der Waals surface area (Å²) in [5, 5.41) is 3.66. The third-order valence-corrected chi connectivity index (χ3v) is 6.11. The number of aromatic nitrogens is 1. The number of ether oxygens (including phenoxy) is 1. The number of carbonyl (C=O) groups excluding carboxylic acids is 2. The highest BCUT2D eigenvalue weighted by molar-refractivity contribution is 7.09. The number of nitrogens with zero attached hydrogens (tertiary/aromatic N) is 2. The standard InChI is InChI=1S/C23H21ClN2O3S/c1-3-4-22-25-18(13-30-22)16-7-10-21-19(11-16)26(23(28)14(2)29-21)12-20(27)15-5-8-17(24)9-6-15/h5-11,13-14H,3-4,12H2,1-2H3. The summed E-state index contributed by atoms with van der Waals surface area (Å²) in [5.74, 6) is 0.176. The number of halogens is 1. The van der Waals surface area contributed by atoms with Crippen molar-refractivity contribution in [2.24, 2.45) is 0 Å². The fraction of sp³-hybridized carbons (Fsp3) is 0.261. The Hall–Kier alpha value is -2.70. The van der Waals surface area contributed by atoms with Crippen LogP contribution in [0.3, 0.4) is 0 Å². The lowest BCUT2D eigenvalue weighted by Gasteiger charge is -2.33. The highest BCUT2D eigenvalue weighted by atomic mass is 35.5. The Balaban J connectivity index is 1.66. The fourth-order valence-corrected chi connectivity index (χ4v) is 4.41. The van der Waals surface area contributed by atoms with Gasteiger partial charge in [0.25, 0.3) is 5.91 Å². The van der Waals surface area contributed by atoms with Crippen molar-refractivity contribution in [2.75, 3.05) is 11.4 Å². The van der Waals surface area contributed by atoms with E-state index in [1.54, 1.807) is 42.5 Å². The molecule has 1 aromatic heterocycles. The largest absolute Gasteiger partial charge is 0.479 e. The molecule has 1 amide bonds. The van der Waals surface area contributed by atoms with E-state index in [0.717, 1.165) is 29.1 Å². The molecule has 0 spiro atoms. The molecular formula is C23H21ClN2O3S. The van der Waals surface area contributed by atoms with Crippen molar-refractivity contribution < 1.29 is 14.3 Å². The maximum atomic E-state index is 12.9. The molecule has 7 heteroatoms. The zero-order chi connectivity index (χ0) is 21.3. The Labute approximate surface area is 184 Å². The molecule has 1 aliphatic rings. The van der Waals surface area contributed by atoms with Crippen LogP contribution >= 0.6 is 22.9 Å². The molecular weight excluding hydrogens is 420 g/mol. The summed E-state index contributed by atoms with van der Waals surface area (Å²) in [6.07, 6.45) is 1.32. The molecule has 154 valence electrons. The number of hydrogen-bond donors (Lipinski definition) is 0. The number of amides is 1. The lowest BCUT2D eigenvalue weighted by atomic mass is 10.1. The Morgan fingerprint density at radius 1 is 1.23 bits per heavy atom. The topological polar surface area (TPSA) is 59.5 Å².